The molecule has 0 saturated carbocycles. The van der Waals surface area contributed by atoms with Gasteiger partial charge < -0.3 is 21.3 Å². The molecule has 1 aromatic carbocycles. The molecule has 0 aliphatic carbocycles. The molecule has 0 spiro atoms. The van der Waals surface area contributed by atoms with Gasteiger partial charge in [-0.15, -0.1) is 0 Å². The summed E-state index contributed by atoms with van der Waals surface area (Å²) in [5, 5.41) is 5.60. The Labute approximate surface area is 118 Å². The number of hydrogen-bond acceptors (Lipinski definition) is 3. The molecule has 1 atom stereocenters. The maximum atomic E-state index is 12.3. The van der Waals surface area contributed by atoms with Gasteiger partial charge in [0.1, 0.15) is 6.04 Å². The number of nitrogens with one attached hydrogen (secondary N) is 2. The summed E-state index contributed by atoms with van der Waals surface area (Å²) in [6.07, 6.45) is 0.599. The second-order valence-electron chi connectivity index (χ2n) is 4.74. The van der Waals surface area contributed by atoms with Crippen LogP contribution in [0.15, 0.2) is 24.3 Å². The van der Waals surface area contributed by atoms with Crippen LogP contribution in [0.4, 0.5) is 10.5 Å². The van der Waals surface area contributed by atoms with Crippen LogP contribution in [0.2, 0.25) is 0 Å². The monoisotopic (exact) mass is 276 g/mol. The van der Waals surface area contributed by atoms with E-state index < -0.39 is 6.04 Å². The number of urea groups is 1. The van der Waals surface area contributed by atoms with Crippen molar-refractivity contribution in [2.45, 2.75) is 25.9 Å². The van der Waals surface area contributed by atoms with E-state index in [-0.39, 0.29) is 11.9 Å². The number of carbonyl (C=O) groups is 2. The van der Waals surface area contributed by atoms with E-state index in [1.165, 1.54) is 0 Å². The van der Waals surface area contributed by atoms with E-state index in [0.717, 1.165) is 5.56 Å². The minimum atomic E-state index is -0.401. The molecule has 1 aromatic rings. The van der Waals surface area contributed by atoms with Gasteiger partial charge in [0.2, 0.25) is 5.91 Å². The Bertz CT molecular complexity index is 504. The van der Waals surface area contributed by atoms with Crippen LogP contribution in [0.25, 0.3) is 0 Å². The van der Waals surface area contributed by atoms with E-state index in [1.807, 2.05) is 31.2 Å². The largest absolute Gasteiger partial charge is 0.353 e. The van der Waals surface area contributed by atoms with E-state index >= 15 is 0 Å². The smallest absolute Gasteiger partial charge is 0.322 e. The summed E-state index contributed by atoms with van der Waals surface area (Å²) >= 11 is 0. The lowest BCUT2D eigenvalue weighted by Crippen LogP contribution is -2.57. The second kappa shape index (κ2) is 6.38. The summed E-state index contributed by atoms with van der Waals surface area (Å²) in [5.41, 5.74) is 7.22. The zero-order valence-electron chi connectivity index (χ0n) is 11.6. The maximum absolute atomic E-state index is 12.3. The average Bonchev–Trinajstić information content (AvgIpc) is 2.47. The van der Waals surface area contributed by atoms with Gasteiger partial charge in [-0.1, -0.05) is 19.1 Å². The van der Waals surface area contributed by atoms with Crippen molar-refractivity contribution in [2.24, 2.45) is 5.73 Å². The van der Waals surface area contributed by atoms with Crippen LogP contribution in [0, 0.1) is 0 Å². The average molecular weight is 276 g/mol. The van der Waals surface area contributed by atoms with Crippen molar-refractivity contribution < 1.29 is 9.59 Å². The highest BCUT2D eigenvalue weighted by molar-refractivity contribution is 5.94. The quantitative estimate of drug-likeness (QED) is 0.766. The van der Waals surface area contributed by atoms with Gasteiger partial charge >= 0.3 is 6.03 Å². The Balaban J connectivity index is 2.08. The Morgan fingerprint density at radius 2 is 2.35 bits per heavy atom. The van der Waals surface area contributed by atoms with Gasteiger partial charge in [-0.3, -0.25) is 4.79 Å². The van der Waals surface area contributed by atoms with Crippen LogP contribution in [0.3, 0.4) is 0 Å². The lowest BCUT2D eigenvalue weighted by Gasteiger charge is -2.34. The van der Waals surface area contributed by atoms with Crippen LogP contribution >= 0.6 is 0 Å². The number of rotatable bonds is 3. The number of benzene rings is 1. The van der Waals surface area contributed by atoms with Gasteiger partial charge in [0.15, 0.2) is 0 Å². The molecule has 1 unspecified atom stereocenters. The van der Waals surface area contributed by atoms with E-state index in [9.17, 15) is 9.59 Å². The van der Waals surface area contributed by atoms with Crippen LogP contribution in [-0.4, -0.2) is 36.0 Å². The fourth-order valence-corrected chi connectivity index (χ4v) is 2.33. The summed E-state index contributed by atoms with van der Waals surface area (Å²) in [7, 11) is 0. The molecule has 3 amide bonds. The first-order valence-electron chi connectivity index (χ1n) is 6.80. The van der Waals surface area contributed by atoms with Crippen LogP contribution in [0.5, 0.6) is 0 Å². The highest BCUT2D eigenvalue weighted by atomic mass is 16.2. The summed E-state index contributed by atoms with van der Waals surface area (Å²) in [5.74, 6) is -0.0930. The number of hydrogen-bond donors (Lipinski definition) is 3. The molecular weight excluding hydrogens is 256 g/mol. The summed E-state index contributed by atoms with van der Waals surface area (Å²) in [4.78, 5) is 25.6. The molecule has 6 nitrogen and oxygen atoms in total. The standard InChI is InChI=1S/C14H20N4O2/c1-2-12-13(19)16-6-7-18(12)14(20)17-11-5-3-4-10(8-11)9-15/h3-5,8,12H,2,6-7,9,15H2,1H3,(H,16,19)(H,17,20). The third-order valence-electron chi connectivity index (χ3n) is 3.39. The fourth-order valence-electron chi connectivity index (χ4n) is 2.33. The summed E-state index contributed by atoms with van der Waals surface area (Å²) in [6, 6.07) is 6.74. The first kappa shape index (κ1) is 14.3. The molecule has 1 fully saturated rings. The molecule has 0 radical (unpaired) electrons. The highest BCUT2D eigenvalue weighted by Gasteiger charge is 2.31. The first-order valence-corrected chi connectivity index (χ1v) is 6.80. The zero-order valence-corrected chi connectivity index (χ0v) is 11.6. The van der Waals surface area contributed by atoms with Gasteiger partial charge in [-0.05, 0) is 24.1 Å². The van der Waals surface area contributed by atoms with Crippen LogP contribution in [0.1, 0.15) is 18.9 Å². The molecule has 1 heterocycles. The van der Waals surface area contributed by atoms with Crippen molar-refractivity contribution >= 4 is 17.6 Å². The van der Waals surface area contributed by atoms with Gasteiger partial charge in [-0.2, -0.15) is 0 Å². The molecule has 0 aromatic heterocycles. The van der Waals surface area contributed by atoms with Gasteiger partial charge in [0.25, 0.3) is 0 Å². The third-order valence-corrected chi connectivity index (χ3v) is 3.39. The van der Waals surface area contributed by atoms with E-state index in [1.54, 1.807) is 4.90 Å². The first-order chi connectivity index (χ1) is 9.65. The van der Waals surface area contributed by atoms with E-state index in [4.69, 9.17) is 5.73 Å². The molecule has 4 N–H and O–H groups in total. The summed E-state index contributed by atoms with van der Waals surface area (Å²) in [6.45, 7) is 3.33. The molecule has 2 rings (SSSR count). The predicted molar refractivity (Wildman–Crippen MR) is 77.1 cm³/mol. The van der Waals surface area contributed by atoms with Crippen LogP contribution < -0.4 is 16.4 Å². The van der Waals surface area contributed by atoms with Crippen LogP contribution in [-0.2, 0) is 11.3 Å². The molecule has 1 aliphatic rings. The predicted octanol–water partition coefficient (Wildman–Crippen LogP) is 0.888. The normalized spacial score (nSPS) is 18.6. The maximum Gasteiger partial charge on any atom is 0.322 e. The van der Waals surface area contributed by atoms with Gasteiger partial charge in [-0.25, -0.2) is 4.79 Å². The molecular formula is C14H20N4O2. The number of nitrogens with two attached hydrogens (primary N) is 1. The SMILES string of the molecule is CCC1C(=O)NCCN1C(=O)Nc1cccc(CN)c1. The molecule has 1 saturated heterocycles. The van der Waals surface area contributed by atoms with Crippen molar-refractivity contribution in [1.82, 2.24) is 10.2 Å². The van der Waals surface area contributed by atoms with E-state index in [0.29, 0.717) is 31.7 Å². The number of carbonyl (C=O) groups excluding carboxylic acids is 2. The minimum Gasteiger partial charge on any atom is -0.353 e. The van der Waals surface area contributed by atoms with Crippen molar-refractivity contribution in [2.75, 3.05) is 18.4 Å². The van der Waals surface area contributed by atoms with Gasteiger partial charge in [0.05, 0.1) is 0 Å². The summed E-state index contributed by atoms with van der Waals surface area (Å²) < 4.78 is 0. The number of piperazine rings is 1. The van der Waals surface area contributed by atoms with Gasteiger partial charge in [0, 0.05) is 25.3 Å². The fraction of sp³-hybridized carbons (Fsp3) is 0.429. The number of anilines is 1. The minimum absolute atomic E-state index is 0.0930. The molecule has 20 heavy (non-hydrogen) atoms. The number of amides is 3. The topological polar surface area (TPSA) is 87.5 Å². The molecule has 1 aliphatic heterocycles. The Kier molecular flexibility index (Phi) is 4.57. The molecule has 0 bridgehead atoms. The van der Waals surface area contributed by atoms with Crippen molar-refractivity contribution in [3.63, 3.8) is 0 Å². The highest BCUT2D eigenvalue weighted by Crippen LogP contribution is 2.14. The molecule has 108 valence electrons. The molecule has 6 heteroatoms. The lowest BCUT2D eigenvalue weighted by atomic mass is 10.1. The second-order valence-corrected chi connectivity index (χ2v) is 4.74. The van der Waals surface area contributed by atoms with E-state index in [2.05, 4.69) is 10.6 Å². The van der Waals surface area contributed by atoms with Crippen molar-refractivity contribution in [3.8, 4) is 0 Å². The lowest BCUT2D eigenvalue weighted by molar-refractivity contribution is -0.127. The Hall–Kier alpha value is -2.08. The van der Waals surface area contributed by atoms with Crippen molar-refractivity contribution in [3.05, 3.63) is 29.8 Å². The number of nitrogens with zero attached hydrogens (tertiary/aromatic N) is 1. The van der Waals surface area contributed by atoms with Crippen molar-refractivity contribution in [1.29, 1.82) is 0 Å². The third kappa shape index (κ3) is 3.08. The zero-order chi connectivity index (χ0) is 14.5. The Morgan fingerprint density at radius 1 is 1.55 bits per heavy atom. The Morgan fingerprint density at radius 3 is 3.05 bits per heavy atom.